The van der Waals surface area contributed by atoms with Crippen LogP contribution in [0.1, 0.15) is 11.3 Å². The fourth-order valence-electron chi connectivity index (χ4n) is 2.77. The van der Waals surface area contributed by atoms with Gasteiger partial charge in [0, 0.05) is 18.0 Å². The maximum atomic E-state index is 12.8. The van der Waals surface area contributed by atoms with Crippen molar-refractivity contribution in [3.05, 3.63) is 70.5 Å². The highest BCUT2D eigenvalue weighted by Gasteiger charge is 2.32. The number of nitrogens with zero attached hydrogens (tertiary/aromatic N) is 3. The number of halogens is 4. The molecular formula is C20H14ClF3N4OS. The summed E-state index contributed by atoms with van der Waals surface area (Å²) in [4.78, 5) is 12.8. The van der Waals surface area contributed by atoms with Crippen molar-refractivity contribution >= 4 is 39.0 Å². The van der Waals surface area contributed by atoms with Gasteiger partial charge in [-0.1, -0.05) is 29.8 Å². The third-order valence-electron chi connectivity index (χ3n) is 4.19. The molecule has 3 aromatic heterocycles. The summed E-state index contributed by atoms with van der Waals surface area (Å²) in [6, 6.07) is 10.6. The average molecular weight is 451 g/mol. The topological polar surface area (TPSA) is 59.9 Å². The van der Waals surface area contributed by atoms with Gasteiger partial charge in [0.2, 0.25) is 5.88 Å². The van der Waals surface area contributed by atoms with Crippen LogP contribution in [0, 0.1) is 0 Å². The molecular weight excluding hydrogens is 437 g/mol. The Bertz CT molecular complexity index is 1160. The van der Waals surface area contributed by atoms with Crippen LogP contribution in [0.5, 0.6) is 11.6 Å². The van der Waals surface area contributed by atoms with E-state index < -0.39 is 11.9 Å². The maximum Gasteiger partial charge on any atom is 0.433 e. The van der Waals surface area contributed by atoms with Crippen molar-refractivity contribution in [2.75, 3.05) is 11.9 Å². The zero-order chi connectivity index (χ0) is 21.1. The molecule has 5 nitrogen and oxygen atoms in total. The molecule has 0 amide bonds. The smallest absolute Gasteiger partial charge is 0.433 e. The molecule has 0 bridgehead atoms. The molecule has 30 heavy (non-hydrogen) atoms. The zero-order valence-electron chi connectivity index (χ0n) is 15.3. The van der Waals surface area contributed by atoms with Crippen LogP contribution >= 0.6 is 22.9 Å². The summed E-state index contributed by atoms with van der Waals surface area (Å²) in [6.45, 7) is 0.619. The Morgan fingerprint density at radius 3 is 2.63 bits per heavy atom. The van der Waals surface area contributed by atoms with Gasteiger partial charge in [-0.3, -0.25) is 0 Å². The Morgan fingerprint density at radius 1 is 1.07 bits per heavy atom. The van der Waals surface area contributed by atoms with Crippen LogP contribution in [0.4, 0.5) is 19.0 Å². The van der Waals surface area contributed by atoms with Gasteiger partial charge in [0.1, 0.15) is 28.4 Å². The van der Waals surface area contributed by atoms with Crippen LogP contribution in [0.25, 0.3) is 10.2 Å². The number of alkyl halides is 3. The van der Waals surface area contributed by atoms with E-state index in [1.165, 1.54) is 29.8 Å². The first-order chi connectivity index (χ1) is 14.4. The molecule has 0 saturated carbocycles. The summed E-state index contributed by atoms with van der Waals surface area (Å²) < 4.78 is 43.7. The quantitative estimate of drug-likeness (QED) is 0.378. The van der Waals surface area contributed by atoms with Crippen molar-refractivity contribution in [1.82, 2.24) is 15.0 Å². The van der Waals surface area contributed by atoms with E-state index in [1.807, 2.05) is 17.5 Å². The molecule has 4 aromatic rings. The predicted molar refractivity (Wildman–Crippen MR) is 110 cm³/mol. The minimum Gasteiger partial charge on any atom is -0.439 e. The summed E-state index contributed by atoms with van der Waals surface area (Å²) in [7, 11) is 0. The average Bonchev–Trinajstić information content (AvgIpc) is 3.11. The van der Waals surface area contributed by atoms with E-state index >= 15 is 0 Å². The molecule has 0 radical (unpaired) electrons. The van der Waals surface area contributed by atoms with Gasteiger partial charge in [0.15, 0.2) is 0 Å². The summed E-state index contributed by atoms with van der Waals surface area (Å²) in [5.41, 5.74) is 0.0285. The molecule has 1 aromatic carbocycles. The first-order valence-corrected chi connectivity index (χ1v) is 10.1. The highest BCUT2D eigenvalue weighted by molar-refractivity contribution is 7.17. The number of benzene rings is 1. The number of anilines is 1. The number of thiophene rings is 1. The number of ether oxygens (including phenoxy) is 1. The summed E-state index contributed by atoms with van der Waals surface area (Å²) in [6.07, 6.45) is -2.32. The standard InChI is InChI=1S/C20H14ClF3N4OS/c21-14-10-30-19-17(14)18(26-11-27-19)25-9-8-12-4-6-13(7-5-12)29-16-3-1-2-15(28-16)20(22,23)24/h1-7,10-11H,8-9H2,(H,25,26,27). The van der Waals surface area contributed by atoms with E-state index in [-0.39, 0.29) is 5.88 Å². The normalized spacial score (nSPS) is 11.6. The Hall–Kier alpha value is -2.91. The van der Waals surface area contributed by atoms with E-state index in [9.17, 15) is 13.2 Å². The minimum absolute atomic E-state index is 0.111. The molecule has 0 fully saturated rings. The van der Waals surface area contributed by atoms with Gasteiger partial charge in [-0.05, 0) is 30.2 Å². The van der Waals surface area contributed by atoms with E-state index in [0.29, 0.717) is 29.6 Å². The van der Waals surface area contributed by atoms with Gasteiger partial charge < -0.3 is 10.1 Å². The molecule has 0 aliphatic heterocycles. The number of rotatable bonds is 6. The number of nitrogens with one attached hydrogen (secondary N) is 1. The predicted octanol–water partition coefficient (Wildman–Crippen LogP) is 6.21. The van der Waals surface area contributed by atoms with E-state index in [4.69, 9.17) is 16.3 Å². The third kappa shape index (κ3) is 4.63. The van der Waals surface area contributed by atoms with Crippen molar-refractivity contribution in [2.24, 2.45) is 0 Å². The monoisotopic (exact) mass is 450 g/mol. The largest absolute Gasteiger partial charge is 0.439 e. The third-order valence-corrected chi connectivity index (χ3v) is 5.51. The molecule has 1 N–H and O–H groups in total. The second kappa shape index (κ2) is 8.45. The highest BCUT2D eigenvalue weighted by atomic mass is 35.5. The lowest BCUT2D eigenvalue weighted by Crippen LogP contribution is -2.08. The first kappa shape index (κ1) is 20.4. The summed E-state index contributed by atoms with van der Waals surface area (Å²) >= 11 is 7.66. The molecule has 0 atom stereocenters. The molecule has 0 unspecified atom stereocenters. The Labute approximate surface area is 178 Å². The zero-order valence-corrected chi connectivity index (χ0v) is 16.9. The molecule has 4 rings (SSSR count). The van der Waals surface area contributed by atoms with Crippen molar-refractivity contribution in [2.45, 2.75) is 12.6 Å². The second-order valence-electron chi connectivity index (χ2n) is 6.27. The van der Waals surface area contributed by atoms with Crippen molar-refractivity contribution < 1.29 is 17.9 Å². The van der Waals surface area contributed by atoms with Crippen LogP contribution in [-0.2, 0) is 12.6 Å². The molecule has 0 spiro atoms. The van der Waals surface area contributed by atoms with Crippen molar-refractivity contribution in [1.29, 1.82) is 0 Å². The summed E-state index contributed by atoms with van der Waals surface area (Å²) in [5, 5.41) is 6.51. The van der Waals surface area contributed by atoms with Gasteiger partial charge in [0.25, 0.3) is 0 Å². The Morgan fingerprint density at radius 2 is 1.87 bits per heavy atom. The molecule has 0 saturated heterocycles. The number of fused-ring (bicyclic) bond motifs is 1. The molecule has 10 heteroatoms. The van der Waals surface area contributed by atoms with Crippen LogP contribution in [0.2, 0.25) is 5.02 Å². The van der Waals surface area contributed by atoms with Gasteiger partial charge >= 0.3 is 6.18 Å². The van der Waals surface area contributed by atoms with Crippen LogP contribution in [0.3, 0.4) is 0 Å². The van der Waals surface area contributed by atoms with Crippen molar-refractivity contribution in [3.8, 4) is 11.6 Å². The SMILES string of the molecule is FC(F)(F)c1cccc(Oc2ccc(CCNc3ncnc4scc(Cl)c34)cc2)n1. The lowest BCUT2D eigenvalue weighted by molar-refractivity contribution is -0.141. The number of pyridine rings is 1. The van der Waals surface area contributed by atoms with Gasteiger partial charge in [-0.15, -0.1) is 11.3 Å². The van der Waals surface area contributed by atoms with Gasteiger partial charge in [0.05, 0.1) is 10.4 Å². The second-order valence-corrected chi connectivity index (χ2v) is 7.53. The molecule has 0 aliphatic carbocycles. The fourth-order valence-corrected chi connectivity index (χ4v) is 3.91. The Kier molecular flexibility index (Phi) is 5.74. The minimum atomic E-state index is -4.52. The van der Waals surface area contributed by atoms with Gasteiger partial charge in [-0.25, -0.2) is 15.0 Å². The van der Waals surface area contributed by atoms with Crippen molar-refractivity contribution in [3.63, 3.8) is 0 Å². The number of aromatic nitrogens is 3. The first-order valence-electron chi connectivity index (χ1n) is 8.83. The molecule has 3 heterocycles. The number of hydrogen-bond acceptors (Lipinski definition) is 6. The van der Waals surface area contributed by atoms with Gasteiger partial charge in [-0.2, -0.15) is 13.2 Å². The maximum absolute atomic E-state index is 12.8. The van der Waals surface area contributed by atoms with Crippen LogP contribution in [0.15, 0.2) is 54.2 Å². The Balaban J connectivity index is 1.37. The number of hydrogen-bond donors (Lipinski definition) is 1. The van der Waals surface area contributed by atoms with E-state index in [1.54, 1.807) is 12.1 Å². The van der Waals surface area contributed by atoms with Crippen LogP contribution in [-0.4, -0.2) is 21.5 Å². The van der Waals surface area contributed by atoms with E-state index in [2.05, 4.69) is 20.3 Å². The molecule has 0 aliphatic rings. The van der Waals surface area contributed by atoms with E-state index in [0.717, 1.165) is 21.8 Å². The van der Waals surface area contributed by atoms with Crippen LogP contribution < -0.4 is 10.1 Å². The summed E-state index contributed by atoms with van der Waals surface area (Å²) in [5.74, 6) is 0.975. The molecule has 154 valence electrons. The lowest BCUT2D eigenvalue weighted by atomic mass is 10.1. The fraction of sp³-hybridized carbons (Fsp3) is 0.150. The highest BCUT2D eigenvalue weighted by Crippen LogP contribution is 2.33. The lowest BCUT2D eigenvalue weighted by Gasteiger charge is -2.10.